The van der Waals surface area contributed by atoms with Gasteiger partial charge in [0.05, 0.1) is 11.3 Å². The highest BCUT2D eigenvalue weighted by Gasteiger charge is 2.13. The number of amides is 1. The Labute approximate surface area is 184 Å². The van der Waals surface area contributed by atoms with E-state index in [1.807, 2.05) is 13.8 Å². The average Bonchev–Trinajstić information content (AvgIpc) is 3.13. The molecule has 3 aromatic rings. The summed E-state index contributed by atoms with van der Waals surface area (Å²) < 4.78 is 6.62. The Hall–Kier alpha value is -3.07. The Balaban J connectivity index is 1.66. The molecule has 0 fully saturated rings. The van der Waals surface area contributed by atoms with Crippen molar-refractivity contribution in [3.63, 3.8) is 0 Å². The van der Waals surface area contributed by atoms with Crippen molar-refractivity contribution in [1.82, 2.24) is 14.6 Å². The van der Waals surface area contributed by atoms with Crippen LogP contribution in [0.25, 0.3) is 4.96 Å². The molecular formula is C22H26N4O4S. The molecule has 1 aromatic carbocycles. The quantitative estimate of drug-likeness (QED) is 0.505. The fraction of sp³-hybridized carbons (Fsp3) is 0.409. The number of anilines is 1. The van der Waals surface area contributed by atoms with Gasteiger partial charge in [-0.1, -0.05) is 44.6 Å². The van der Waals surface area contributed by atoms with Crippen LogP contribution in [0.2, 0.25) is 0 Å². The first-order chi connectivity index (χ1) is 14.9. The number of nitrogens with zero attached hydrogens (tertiary/aromatic N) is 3. The minimum absolute atomic E-state index is 0.110. The van der Waals surface area contributed by atoms with Crippen molar-refractivity contribution in [3.05, 3.63) is 57.0 Å². The van der Waals surface area contributed by atoms with E-state index in [0.717, 1.165) is 24.3 Å². The van der Waals surface area contributed by atoms with Crippen LogP contribution in [0.3, 0.4) is 0 Å². The normalized spacial score (nSPS) is 11.1. The van der Waals surface area contributed by atoms with Crippen molar-refractivity contribution < 1.29 is 14.3 Å². The summed E-state index contributed by atoms with van der Waals surface area (Å²) in [5.41, 5.74) is 0.900. The van der Waals surface area contributed by atoms with Gasteiger partial charge in [-0.05, 0) is 30.5 Å². The van der Waals surface area contributed by atoms with Crippen molar-refractivity contribution in [2.45, 2.75) is 53.1 Å². The average molecular weight is 443 g/mol. The van der Waals surface area contributed by atoms with Crippen molar-refractivity contribution in [1.29, 1.82) is 0 Å². The molecule has 9 heteroatoms. The van der Waals surface area contributed by atoms with Crippen molar-refractivity contribution >= 4 is 33.9 Å². The SMILES string of the molecule is CCCCc1nn2c(=O)cc(COC(=O)c3cccc(NC(=O)CC(C)C)c3)nc2s1. The summed E-state index contributed by atoms with van der Waals surface area (Å²) in [4.78, 5) is 41.6. The Morgan fingerprint density at radius 3 is 2.81 bits per heavy atom. The summed E-state index contributed by atoms with van der Waals surface area (Å²) in [5.74, 6) is -0.431. The molecule has 0 saturated carbocycles. The number of aromatic nitrogens is 3. The number of hydrogen-bond donors (Lipinski definition) is 1. The van der Waals surface area contributed by atoms with Gasteiger partial charge in [0.2, 0.25) is 10.9 Å². The maximum atomic E-state index is 12.4. The molecule has 2 aromatic heterocycles. The van der Waals surface area contributed by atoms with Gasteiger partial charge in [-0.25, -0.2) is 9.78 Å². The van der Waals surface area contributed by atoms with E-state index in [1.165, 1.54) is 21.9 Å². The van der Waals surface area contributed by atoms with Gasteiger partial charge in [-0.2, -0.15) is 9.61 Å². The highest BCUT2D eigenvalue weighted by molar-refractivity contribution is 7.16. The predicted octanol–water partition coefficient (Wildman–Crippen LogP) is 3.84. The lowest BCUT2D eigenvalue weighted by Crippen LogP contribution is -2.17. The Morgan fingerprint density at radius 1 is 1.26 bits per heavy atom. The second-order valence-corrected chi connectivity index (χ2v) is 8.72. The van der Waals surface area contributed by atoms with E-state index in [1.54, 1.807) is 24.3 Å². The smallest absolute Gasteiger partial charge is 0.338 e. The van der Waals surface area contributed by atoms with E-state index < -0.39 is 5.97 Å². The number of esters is 1. The number of carbonyl (C=O) groups is 2. The van der Waals surface area contributed by atoms with Crippen LogP contribution in [-0.4, -0.2) is 26.5 Å². The van der Waals surface area contributed by atoms with Gasteiger partial charge in [0.25, 0.3) is 5.56 Å². The number of unbranched alkanes of at least 4 members (excludes halogenated alkanes) is 1. The van der Waals surface area contributed by atoms with Gasteiger partial charge >= 0.3 is 5.97 Å². The third kappa shape index (κ3) is 6.21. The number of benzene rings is 1. The number of ether oxygens (including phenoxy) is 1. The second kappa shape index (κ2) is 10.3. The minimum atomic E-state index is -0.560. The number of aryl methyl sites for hydroxylation is 1. The third-order valence-corrected chi connectivity index (χ3v) is 5.38. The number of hydrogen-bond acceptors (Lipinski definition) is 7. The zero-order valence-corrected chi connectivity index (χ0v) is 18.7. The van der Waals surface area contributed by atoms with E-state index in [2.05, 4.69) is 22.3 Å². The summed E-state index contributed by atoms with van der Waals surface area (Å²) in [5, 5.41) is 7.94. The van der Waals surface area contributed by atoms with Gasteiger partial charge in [0, 0.05) is 24.6 Å². The Kier molecular flexibility index (Phi) is 7.51. The summed E-state index contributed by atoms with van der Waals surface area (Å²) in [6.45, 7) is 5.89. The molecule has 3 rings (SSSR count). The molecule has 0 aliphatic heterocycles. The van der Waals surface area contributed by atoms with E-state index in [9.17, 15) is 14.4 Å². The van der Waals surface area contributed by atoms with Crippen LogP contribution >= 0.6 is 11.3 Å². The molecule has 0 aliphatic rings. The van der Waals surface area contributed by atoms with E-state index in [0.29, 0.717) is 28.3 Å². The highest BCUT2D eigenvalue weighted by Crippen LogP contribution is 2.16. The first-order valence-corrected chi connectivity index (χ1v) is 11.1. The minimum Gasteiger partial charge on any atom is -0.456 e. The van der Waals surface area contributed by atoms with Crippen LogP contribution in [0, 0.1) is 5.92 Å². The first kappa shape index (κ1) is 22.6. The molecule has 1 amide bonds. The van der Waals surface area contributed by atoms with E-state index in [-0.39, 0.29) is 24.0 Å². The molecule has 0 unspecified atom stereocenters. The highest BCUT2D eigenvalue weighted by atomic mass is 32.1. The van der Waals surface area contributed by atoms with Crippen LogP contribution in [0.4, 0.5) is 5.69 Å². The lowest BCUT2D eigenvalue weighted by Gasteiger charge is -2.09. The predicted molar refractivity (Wildman–Crippen MR) is 119 cm³/mol. The second-order valence-electron chi connectivity index (χ2n) is 7.68. The number of fused-ring (bicyclic) bond motifs is 1. The molecule has 0 saturated heterocycles. The van der Waals surface area contributed by atoms with Gasteiger partial charge < -0.3 is 10.1 Å². The molecule has 1 N–H and O–H groups in total. The topological polar surface area (TPSA) is 103 Å². The van der Waals surface area contributed by atoms with Gasteiger partial charge in [0.15, 0.2) is 0 Å². The van der Waals surface area contributed by atoms with Crippen molar-refractivity contribution in [3.8, 4) is 0 Å². The molecular weight excluding hydrogens is 416 g/mol. The molecule has 31 heavy (non-hydrogen) atoms. The number of rotatable bonds is 9. The fourth-order valence-electron chi connectivity index (χ4n) is 2.93. The van der Waals surface area contributed by atoms with Gasteiger partial charge in [0.1, 0.15) is 11.6 Å². The maximum Gasteiger partial charge on any atom is 0.338 e. The van der Waals surface area contributed by atoms with Gasteiger partial charge in [-0.15, -0.1) is 0 Å². The van der Waals surface area contributed by atoms with Crippen LogP contribution in [0.15, 0.2) is 35.1 Å². The van der Waals surface area contributed by atoms with Crippen LogP contribution in [-0.2, 0) is 22.6 Å². The van der Waals surface area contributed by atoms with Crippen LogP contribution in [0.5, 0.6) is 0 Å². The molecule has 8 nitrogen and oxygen atoms in total. The van der Waals surface area contributed by atoms with Crippen LogP contribution < -0.4 is 10.9 Å². The maximum absolute atomic E-state index is 12.4. The monoisotopic (exact) mass is 442 g/mol. The zero-order chi connectivity index (χ0) is 22.4. The number of carbonyl (C=O) groups excluding carboxylic acids is 2. The van der Waals surface area contributed by atoms with Crippen LogP contribution in [0.1, 0.15) is 61.1 Å². The first-order valence-electron chi connectivity index (χ1n) is 10.3. The summed E-state index contributed by atoms with van der Waals surface area (Å²) in [6.07, 6.45) is 3.24. The lowest BCUT2D eigenvalue weighted by molar-refractivity contribution is -0.116. The molecule has 0 spiro atoms. The molecule has 0 aliphatic carbocycles. The Bertz CT molecular complexity index is 1140. The molecule has 164 valence electrons. The third-order valence-electron chi connectivity index (χ3n) is 4.41. The zero-order valence-electron chi connectivity index (χ0n) is 17.9. The molecule has 0 bridgehead atoms. The fourth-order valence-corrected chi connectivity index (χ4v) is 3.89. The van der Waals surface area contributed by atoms with Crippen molar-refractivity contribution in [2.24, 2.45) is 5.92 Å². The molecule has 0 atom stereocenters. The summed E-state index contributed by atoms with van der Waals surface area (Å²) >= 11 is 1.37. The van der Waals surface area contributed by atoms with E-state index >= 15 is 0 Å². The summed E-state index contributed by atoms with van der Waals surface area (Å²) in [6, 6.07) is 7.88. The molecule has 0 radical (unpaired) electrons. The number of nitrogens with one attached hydrogen (secondary N) is 1. The lowest BCUT2D eigenvalue weighted by atomic mass is 10.1. The summed E-state index contributed by atoms with van der Waals surface area (Å²) in [7, 11) is 0. The van der Waals surface area contributed by atoms with Gasteiger partial charge in [-0.3, -0.25) is 9.59 Å². The molecule has 2 heterocycles. The standard InChI is InChI=1S/C22H26N4O4S/c1-4-5-9-19-25-26-20(28)12-17(24-22(26)31-19)13-30-21(29)15-7-6-8-16(11-15)23-18(27)10-14(2)3/h6-8,11-12,14H,4-5,9-10,13H2,1-3H3,(H,23,27). The largest absolute Gasteiger partial charge is 0.456 e. The Morgan fingerprint density at radius 2 is 2.06 bits per heavy atom. The van der Waals surface area contributed by atoms with E-state index in [4.69, 9.17) is 4.74 Å². The van der Waals surface area contributed by atoms with Crippen molar-refractivity contribution in [2.75, 3.05) is 5.32 Å².